The van der Waals surface area contributed by atoms with E-state index in [0.29, 0.717) is 28.0 Å². The van der Waals surface area contributed by atoms with E-state index in [1.54, 1.807) is 0 Å². The molecule has 0 bridgehead atoms. The Morgan fingerprint density at radius 2 is 2.33 bits per heavy atom. The van der Waals surface area contributed by atoms with Crippen LogP contribution in [-0.4, -0.2) is 16.1 Å². The lowest BCUT2D eigenvalue weighted by atomic mass is 9.91. The maximum Gasteiger partial charge on any atom is 0.312 e. The van der Waals surface area contributed by atoms with Gasteiger partial charge in [-0.25, -0.2) is 9.37 Å². The number of hydrogen-bond donors (Lipinski definition) is 2. The maximum atomic E-state index is 13.3. The Hall–Kier alpha value is -1.66. The highest BCUT2D eigenvalue weighted by Crippen LogP contribution is 2.38. The standard InChI is InChI=1S/C14H12ClFN2O2S/c15-9-5-4-7(16)6-10(9)17-14-18-12-8(13(19)20)2-1-3-11(12)21-14/h4-6,8H,1-3H2,(H,17,18)(H,19,20). The van der Waals surface area contributed by atoms with Crippen molar-refractivity contribution in [3.05, 3.63) is 39.6 Å². The molecule has 2 N–H and O–H groups in total. The van der Waals surface area contributed by atoms with Gasteiger partial charge in [-0.3, -0.25) is 4.79 Å². The van der Waals surface area contributed by atoms with Gasteiger partial charge in [-0.1, -0.05) is 11.6 Å². The number of carboxylic acids is 1. The summed E-state index contributed by atoms with van der Waals surface area (Å²) in [6.45, 7) is 0. The molecule has 110 valence electrons. The summed E-state index contributed by atoms with van der Waals surface area (Å²) in [4.78, 5) is 16.6. The van der Waals surface area contributed by atoms with Crippen molar-refractivity contribution in [2.45, 2.75) is 25.2 Å². The van der Waals surface area contributed by atoms with E-state index in [1.165, 1.54) is 29.5 Å². The zero-order valence-electron chi connectivity index (χ0n) is 10.9. The van der Waals surface area contributed by atoms with E-state index in [4.69, 9.17) is 11.6 Å². The molecule has 1 atom stereocenters. The highest BCUT2D eigenvalue weighted by atomic mass is 35.5. The Morgan fingerprint density at radius 1 is 1.52 bits per heavy atom. The highest BCUT2D eigenvalue weighted by Gasteiger charge is 2.30. The van der Waals surface area contributed by atoms with Gasteiger partial charge in [0.05, 0.1) is 16.4 Å². The first-order valence-electron chi connectivity index (χ1n) is 6.49. The third-order valence-electron chi connectivity index (χ3n) is 3.42. The fourth-order valence-electron chi connectivity index (χ4n) is 2.42. The zero-order chi connectivity index (χ0) is 15.0. The summed E-state index contributed by atoms with van der Waals surface area (Å²) in [7, 11) is 0. The Bertz CT molecular complexity index is 704. The van der Waals surface area contributed by atoms with Crippen LogP contribution in [0.15, 0.2) is 18.2 Å². The van der Waals surface area contributed by atoms with Crippen molar-refractivity contribution in [1.29, 1.82) is 0 Å². The summed E-state index contributed by atoms with van der Waals surface area (Å²) >= 11 is 7.40. The van der Waals surface area contributed by atoms with Gasteiger partial charge < -0.3 is 10.4 Å². The Morgan fingerprint density at radius 3 is 3.10 bits per heavy atom. The average Bonchev–Trinajstić information content (AvgIpc) is 2.84. The molecule has 1 unspecified atom stereocenters. The molecule has 1 aromatic carbocycles. The molecule has 4 nitrogen and oxygen atoms in total. The van der Waals surface area contributed by atoms with Crippen LogP contribution in [-0.2, 0) is 11.2 Å². The van der Waals surface area contributed by atoms with Crippen LogP contribution in [0.3, 0.4) is 0 Å². The van der Waals surface area contributed by atoms with Gasteiger partial charge in [0.1, 0.15) is 11.7 Å². The predicted octanol–water partition coefficient (Wildman–Crippen LogP) is 4.18. The second-order valence-electron chi connectivity index (χ2n) is 4.86. The number of benzene rings is 1. The molecule has 0 radical (unpaired) electrons. The summed E-state index contributed by atoms with van der Waals surface area (Å²) in [5.74, 6) is -1.80. The Kier molecular flexibility index (Phi) is 3.82. The molecule has 0 aliphatic heterocycles. The topological polar surface area (TPSA) is 62.2 Å². The third kappa shape index (κ3) is 2.87. The number of nitrogens with zero attached hydrogens (tertiary/aromatic N) is 1. The van der Waals surface area contributed by atoms with Gasteiger partial charge in [-0.2, -0.15) is 0 Å². The first-order chi connectivity index (χ1) is 10.0. The van der Waals surface area contributed by atoms with E-state index >= 15 is 0 Å². The van der Waals surface area contributed by atoms with Crippen LogP contribution in [0.5, 0.6) is 0 Å². The van der Waals surface area contributed by atoms with Crippen LogP contribution in [0.4, 0.5) is 15.2 Å². The smallest absolute Gasteiger partial charge is 0.312 e. The lowest BCUT2D eigenvalue weighted by Crippen LogP contribution is -2.17. The van der Waals surface area contributed by atoms with Crippen LogP contribution < -0.4 is 5.32 Å². The van der Waals surface area contributed by atoms with Crippen LogP contribution in [0.1, 0.15) is 29.3 Å². The van der Waals surface area contributed by atoms with Crippen molar-refractivity contribution in [1.82, 2.24) is 4.98 Å². The minimum atomic E-state index is -0.850. The third-order valence-corrected chi connectivity index (χ3v) is 4.80. The number of rotatable bonds is 3. The van der Waals surface area contributed by atoms with Crippen molar-refractivity contribution in [2.75, 3.05) is 5.32 Å². The number of carboxylic acid groups (broad SMARTS) is 1. The SMILES string of the molecule is O=C(O)C1CCCc2sc(Nc3cc(F)ccc3Cl)nc21. The molecule has 7 heteroatoms. The molecular formula is C14H12ClFN2O2S. The average molecular weight is 327 g/mol. The van der Waals surface area contributed by atoms with Crippen molar-refractivity contribution < 1.29 is 14.3 Å². The largest absolute Gasteiger partial charge is 0.481 e. The van der Waals surface area contributed by atoms with Gasteiger partial charge in [0.2, 0.25) is 0 Å². The van der Waals surface area contributed by atoms with Gasteiger partial charge in [0, 0.05) is 4.88 Å². The number of aliphatic carboxylic acids is 1. The van der Waals surface area contributed by atoms with E-state index in [2.05, 4.69) is 10.3 Å². The van der Waals surface area contributed by atoms with Gasteiger partial charge in [0.15, 0.2) is 5.13 Å². The quantitative estimate of drug-likeness (QED) is 0.888. The molecule has 2 aromatic rings. The minimum Gasteiger partial charge on any atom is -0.481 e. The highest BCUT2D eigenvalue weighted by molar-refractivity contribution is 7.15. The van der Waals surface area contributed by atoms with Crippen LogP contribution >= 0.6 is 22.9 Å². The van der Waals surface area contributed by atoms with E-state index in [0.717, 1.165) is 17.7 Å². The lowest BCUT2D eigenvalue weighted by Gasteiger charge is -2.16. The molecule has 1 heterocycles. The van der Waals surface area contributed by atoms with Gasteiger partial charge in [-0.05, 0) is 37.5 Å². The van der Waals surface area contributed by atoms with Crippen molar-refractivity contribution in [3.8, 4) is 0 Å². The number of anilines is 2. The van der Waals surface area contributed by atoms with Crippen LogP contribution in [0, 0.1) is 5.82 Å². The number of fused-ring (bicyclic) bond motifs is 1. The first-order valence-corrected chi connectivity index (χ1v) is 7.68. The molecule has 0 amide bonds. The number of nitrogens with one attached hydrogen (secondary N) is 1. The molecule has 21 heavy (non-hydrogen) atoms. The van der Waals surface area contributed by atoms with Crippen molar-refractivity contribution in [3.63, 3.8) is 0 Å². The second-order valence-corrected chi connectivity index (χ2v) is 6.35. The minimum absolute atomic E-state index is 0.388. The fraction of sp³-hybridized carbons (Fsp3) is 0.286. The van der Waals surface area contributed by atoms with Crippen LogP contribution in [0.2, 0.25) is 5.02 Å². The monoisotopic (exact) mass is 326 g/mol. The van der Waals surface area contributed by atoms with E-state index < -0.39 is 17.7 Å². The zero-order valence-corrected chi connectivity index (χ0v) is 12.5. The van der Waals surface area contributed by atoms with Crippen molar-refractivity contribution >= 4 is 39.7 Å². The van der Waals surface area contributed by atoms with Crippen LogP contribution in [0.25, 0.3) is 0 Å². The Balaban J connectivity index is 1.91. The molecule has 0 spiro atoms. The summed E-state index contributed by atoms with van der Waals surface area (Å²) in [6, 6.07) is 4.03. The number of carbonyl (C=O) groups is 1. The van der Waals surface area contributed by atoms with E-state index in [1.807, 2.05) is 0 Å². The number of aromatic nitrogens is 1. The van der Waals surface area contributed by atoms with Crippen molar-refractivity contribution in [2.24, 2.45) is 0 Å². The first kappa shape index (κ1) is 14.3. The molecule has 3 rings (SSSR count). The molecule has 1 aliphatic rings. The molecule has 1 aliphatic carbocycles. The lowest BCUT2D eigenvalue weighted by molar-refractivity contribution is -0.139. The fourth-order valence-corrected chi connectivity index (χ4v) is 3.66. The summed E-state index contributed by atoms with van der Waals surface area (Å²) in [6.07, 6.45) is 2.27. The number of halogens is 2. The van der Waals surface area contributed by atoms with E-state index in [-0.39, 0.29) is 0 Å². The molecule has 0 saturated heterocycles. The second kappa shape index (κ2) is 5.61. The predicted molar refractivity (Wildman–Crippen MR) is 80.1 cm³/mol. The summed E-state index contributed by atoms with van der Waals surface area (Å²) < 4.78 is 13.3. The maximum absolute atomic E-state index is 13.3. The molecule has 1 aromatic heterocycles. The summed E-state index contributed by atoms with van der Waals surface area (Å²) in [5, 5.41) is 13.1. The molecule has 0 fully saturated rings. The van der Waals surface area contributed by atoms with Gasteiger partial charge >= 0.3 is 5.97 Å². The number of thiazole rings is 1. The number of aryl methyl sites for hydroxylation is 1. The number of hydrogen-bond acceptors (Lipinski definition) is 4. The summed E-state index contributed by atoms with van der Waals surface area (Å²) in [5.41, 5.74) is 1.04. The molecule has 0 saturated carbocycles. The molecular weight excluding hydrogens is 315 g/mol. The normalized spacial score (nSPS) is 17.3. The van der Waals surface area contributed by atoms with Gasteiger partial charge in [0.25, 0.3) is 0 Å². The van der Waals surface area contributed by atoms with Gasteiger partial charge in [-0.15, -0.1) is 11.3 Å². The van der Waals surface area contributed by atoms with E-state index in [9.17, 15) is 14.3 Å². The Labute approximate surface area is 129 Å².